The first-order chi connectivity index (χ1) is 6.09. The van der Waals surface area contributed by atoms with Gasteiger partial charge in [0.2, 0.25) is 0 Å². The summed E-state index contributed by atoms with van der Waals surface area (Å²) < 4.78 is 0. The second kappa shape index (κ2) is 3.65. The summed E-state index contributed by atoms with van der Waals surface area (Å²) in [7, 11) is 0. The van der Waals surface area contributed by atoms with Gasteiger partial charge in [0.1, 0.15) is 0 Å². The quantitative estimate of drug-likeness (QED) is 0.651. The monoisotopic (exact) mass is 175 g/mol. The molecule has 0 unspecified atom stereocenters. The van der Waals surface area contributed by atoms with Gasteiger partial charge < -0.3 is 5.73 Å². The standard InChI is InChI=1S/C12H17N/c1-4-5-10-8-12(2,3)7-6-11(10)9-13/h4-7,9H,1,8,13H2,2-3H3/b10-5-,11-9-. The number of nitrogens with two attached hydrogens (primary N) is 1. The molecule has 0 aromatic carbocycles. The summed E-state index contributed by atoms with van der Waals surface area (Å²) in [5.41, 5.74) is 8.14. The summed E-state index contributed by atoms with van der Waals surface area (Å²) >= 11 is 0. The molecule has 0 bridgehead atoms. The van der Waals surface area contributed by atoms with Crippen LogP contribution in [-0.2, 0) is 0 Å². The minimum Gasteiger partial charge on any atom is -0.404 e. The summed E-state index contributed by atoms with van der Waals surface area (Å²) in [6.07, 6.45) is 10.8. The molecule has 0 radical (unpaired) electrons. The normalized spacial score (nSPS) is 26.6. The van der Waals surface area contributed by atoms with Crippen LogP contribution in [0.1, 0.15) is 20.3 Å². The van der Waals surface area contributed by atoms with E-state index >= 15 is 0 Å². The Morgan fingerprint density at radius 1 is 1.54 bits per heavy atom. The molecule has 0 amide bonds. The van der Waals surface area contributed by atoms with Crippen LogP contribution in [-0.4, -0.2) is 0 Å². The molecule has 70 valence electrons. The molecule has 0 fully saturated rings. The van der Waals surface area contributed by atoms with E-state index < -0.39 is 0 Å². The van der Waals surface area contributed by atoms with E-state index in [0.717, 1.165) is 12.0 Å². The number of hydrogen-bond acceptors (Lipinski definition) is 1. The van der Waals surface area contributed by atoms with Gasteiger partial charge in [0.25, 0.3) is 0 Å². The fourth-order valence-corrected chi connectivity index (χ4v) is 1.53. The lowest BCUT2D eigenvalue weighted by Gasteiger charge is -2.27. The van der Waals surface area contributed by atoms with Crippen molar-refractivity contribution in [2.75, 3.05) is 0 Å². The molecule has 0 saturated carbocycles. The van der Waals surface area contributed by atoms with Crippen molar-refractivity contribution in [1.82, 2.24) is 0 Å². The molecule has 0 saturated heterocycles. The second-order valence-electron chi connectivity index (χ2n) is 4.05. The molecular formula is C12H17N. The van der Waals surface area contributed by atoms with Crippen LogP contribution in [0, 0.1) is 5.41 Å². The van der Waals surface area contributed by atoms with Crippen molar-refractivity contribution in [3.63, 3.8) is 0 Å². The van der Waals surface area contributed by atoms with Gasteiger partial charge in [0.15, 0.2) is 0 Å². The molecule has 0 aliphatic heterocycles. The molecule has 0 heterocycles. The molecule has 0 spiro atoms. The van der Waals surface area contributed by atoms with E-state index in [-0.39, 0.29) is 5.41 Å². The summed E-state index contributed by atoms with van der Waals surface area (Å²) in [5, 5.41) is 0. The smallest absolute Gasteiger partial charge is 0.00142 e. The van der Waals surface area contributed by atoms with Gasteiger partial charge in [0.05, 0.1) is 0 Å². The van der Waals surface area contributed by atoms with Crippen LogP contribution in [0.25, 0.3) is 0 Å². The van der Waals surface area contributed by atoms with Crippen molar-refractivity contribution in [2.45, 2.75) is 20.3 Å². The lowest BCUT2D eigenvalue weighted by atomic mass is 9.78. The van der Waals surface area contributed by atoms with Crippen molar-refractivity contribution in [2.24, 2.45) is 11.1 Å². The van der Waals surface area contributed by atoms with E-state index in [1.165, 1.54) is 5.57 Å². The zero-order valence-electron chi connectivity index (χ0n) is 8.38. The van der Waals surface area contributed by atoms with Gasteiger partial charge in [-0.2, -0.15) is 0 Å². The SMILES string of the molecule is C=C/C=C1/CC(C)(C)C=C/C1=C/N. The third-order valence-corrected chi connectivity index (χ3v) is 2.23. The molecule has 2 N–H and O–H groups in total. The first-order valence-corrected chi connectivity index (χ1v) is 4.52. The molecule has 1 aliphatic rings. The number of allylic oxidation sites excluding steroid dienone is 6. The van der Waals surface area contributed by atoms with Gasteiger partial charge in [-0.15, -0.1) is 0 Å². The fraction of sp³-hybridized carbons (Fsp3) is 0.333. The van der Waals surface area contributed by atoms with E-state index in [0.29, 0.717) is 0 Å². The number of rotatable bonds is 1. The molecule has 13 heavy (non-hydrogen) atoms. The van der Waals surface area contributed by atoms with Gasteiger partial charge in [-0.3, -0.25) is 0 Å². The Morgan fingerprint density at radius 2 is 2.23 bits per heavy atom. The van der Waals surface area contributed by atoms with Gasteiger partial charge in [0, 0.05) is 6.20 Å². The highest BCUT2D eigenvalue weighted by Crippen LogP contribution is 2.35. The molecule has 1 nitrogen and oxygen atoms in total. The highest BCUT2D eigenvalue weighted by Gasteiger charge is 2.21. The predicted molar refractivity (Wildman–Crippen MR) is 58.1 cm³/mol. The average Bonchev–Trinajstić information content (AvgIpc) is 2.04. The predicted octanol–water partition coefficient (Wildman–Crippen LogP) is 2.93. The summed E-state index contributed by atoms with van der Waals surface area (Å²) in [6, 6.07) is 0. The maximum Gasteiger partial charge on any atom is 0.00142 e. The van der Waals surface area contributed by atoms with Gasteiger partial charge in [-0.25, -0.2) is 0 Å². The Hall–Kier alpha value is -1.24. The van der Waals surface area contributed by atoms with E-state index in [4.69, 9.17) is 5.73 Å². The lowest BCUT2D eigenvalue weighted by Crippen LogP contribution is -2.14. The van der Waals surface area contributed by atoms with E-state index in [2.05, 4.69) is 32.6 Å². The van der Waals surface area contributed by atoms with Crippen molar-refractivity contribution >= 4 is 0 Å². The Balaban J connectivity index is 3.04. The molecule has 1 rings (SSSR count). The fourth-order valence-electron chi connectivity index (χ4n) is 1.53. The Morgan fingerprint density at radius 3 is 2.77 bits per heavy atom. The van der Waals surface area contributed by atoms with Crippen molar-refractivity contribution in [1.29, 1.82) is 0 Å². The molecule has 0 aromatic heterocycles. The van der Waals surface area contributed by atoms with Crippen LogP contribution in [0.5, 0.6) is 0 Å². The van der Waals surface area contributed by atoms with Crippen LogP contribution in [0.3, 0.4) is 0 Å². The molecule has 1 aliphatic carbocycles. The minimum atomic E-state index is 0.237. The Labute approximate surface area is 80.3 Å². The highest BCUT2D eigenvalue weighted by atomic mass is 14.5. The van der Waals surface area contributed by atoms with Crippen LogP contribution in [0.4, 0.5) is 0 Å². The maximum absolute atomic E-state index is 5.52. The minimum absolute atomic E-state index is 0.237. The first-order valence-electron chi connectivity index (χ1n) is 4.52. The van der Waals surface area contributed by atoms with E-state index in [1.807, 2.05) is 12.2 Å². The van der Waals surface area contributed by atoms with Gasteiger partial charge in [-0.1, -0.05) is 44.7 Å². The van der Waals surface area contributed by atoms with Crippen LogP contribution < -0.4 is 5.73 Å². The number of hydrogen-bond donors (Lipinski definition) is 1. The second-order valence-corrected chi connectivity index (χ2v) is 4.05. The molecule has 0 atom stereocenters. The third kappa shape index (κ3) is 2.35. The summed E-state index contributed by atoms with van der Waals surface area (Å²) in [4.78, 5) is 0. The van der Waals surface area contributed by atoms with Crippen molar-refractivity contribution < 1.29 is 0 Å². The average molecular weight is 175 g/mol. The van der Waals surface area contributed by atoms with Gasteiger partial charge >= 0.3 is 0 Å². The van der Waals surface area contributed by atoms with Crippen LogP contribution >= 0.6 is 0 Å². The summed E-state index contributed by atoms with van der Waals surface area (Å²) in [6.45, 7) is 8.13. The largest absolute Gasteiger partial charge is 0.404 e. The van der Waals surface area contributed by atoms with Crippen LogP contribution in [0.15, 0.2) is 48.2 Å². The van der Waals surface area contributed by atoms with E-state index in [9.17, 15) is 0 Å². The van der Waals surface area contributed by atoms with Crippen molar-refractivity contribution in [3.05, 3.63) is 48.2 Å². The Kier molecular flexibility index (Phi) is 2.76. The van der Waals surface area contributed by atoms with Crippen LogP contribution in [0.2, 0.25) is 0 Å². The first kappa shape index (κ1) is 9.85. The third-order valence-electron chi connectivity index (χ3n) is 2.23. The summed E-state index contributed by atoms with van der Waals surface area (Å²) in [5.74, 6) is 0. The zero-order chi connectivity index (χ0) is 9.90. The Bertz CT molecular complexity index is 290. The topological polar surface area (TPSA) is 26.0 Å². The van der Waals surface area contributed by atoms with E-state index in [1.54, 1.807) is 6.20 Å². The molecule has 0 aromatic rings. The lowest BCUT2D eigenvalue weighted by molar-refractivity contribution is 0.470. The molecule has 1 heteroatoms. The zero-order valence-corrected chi connectivity index (χ0v) is 8.38. The highest BCUT2D eigenvalue weighted by molar-refractivity contribution is 5.45. The van der Waals surface area contributed by atoms with Crippen molar-refractivity contribution in [3.8, 4) is 0 Å². The molecular weight excluding hydrogens is 158 g/mol. The van der Waals surface area contributed by atoms with Gasteiger partial charge in [-0.05, 0) is 23.0 Å². The maximum atomic E-state index is 5.52.